The average Bonchev–Trinajstić information content (AvgIpc) is 2.38. The number of fused-ring (bicyclic) bond motifs is 1. The van der Waals surface area contributed by atoms with Crippen molar-refractivity contribution >= 4 is 28.4 Å². The SMILES string of the molecule is C[C@H](CO)NC(=O)c1cc(Cl)c2ccccc2n1. The van der Waals surface area contributed by atoms with Crippen molar-refractivity contribution in [2.24, 2.45) is 0 Å². The van der Waals surface area contributed by atoms with Gasteiger partial charge in [0.25, 0.3) is 5.91 Å². The summed E-state index contributed by atoms with van der Waals surface area (Å²) in [5.41, 5.74) is 0.922. The zero-order valence-corrected chi connectivity index (χ0v) is 10.6. The van der Waals surface area contributed by atoms with Crippen LogP contribution in [-0.4, -0.2) is 28.6 Å². The number of aliphatic hydroxyl groups excluding tert-OH is 1. The van der Waals surface area contributed by atoms with Gasteiger partial charge in [-0.2, -0.15) is 0 Å². The Morgan fingerprint density at radius 3 is 2.94 bits per heavy atom. The lowest BCUT2D eigenvalue weighted by molar-refractivity contribution is 0.0917. The molecule has 5 heteroatoms. The molecule has 0 saturated carbocycles. The number of aromatic nitrogens is 1. The molecule has 0 radical (unpaired) electrons. The van der Waals surface area contributed by atoms with E-state index in [9.17, 15) is 4.79 Å². The van der Waals surface area contributed by atoms with Crippen molar-refractivity contribution in [3.8, 4) is 0 Å². The van der Waals surface area contributed by atoms with E-state index in [0.717, 1.165) is 5.39 Å². The molecule has 1 amide bonds. The number of rotatable bonds is 3. The van der Waals surface area contributed by atoms with Crippen LogP contribution in [0.4, 0.5) is 0 Å². The smallest absolute Gasteiger partial charge is 0.270 e. The number of para-hydroxylation sites is 1. The van der Waals surface area contributed by atoms with Crippen LogP contribution in [0.5, 0.6) is 0 Å². The molecule has 0 saturated heterocycles. The van der Waals surface area contributed by atoms with Crippen molar-refractivity contribution in [3.05, 3.63) is 41.0 Å². The molecule has 1 atom stereocenters. The predicted molar refractivity (Wildman–Crippen MR) is 70.8 cm³/mol. The summed E-state index contributed by atoms with van der Waals surface area (Å²) < 4.78 is 0. The van der Waals surface area contributed by atoms with Crippen molar-refractivity contribution in [1.29, 1.82) is 0 Å². The van der Waals surface area contributed by atoms with Crippen molar-refractivity contribution in [2.45, 2.75) is 13.0 Å². The summed E-state index contributed by atoms with van der Waals surface area (Å²) in [4.78, 5) is 16.1. The molecule has 0 unspecified atom stereocenters. The lowest BCUT2D eigenvalue weighted by atomic mass is 10.2. The second kappa shape index (κ2) is 5.33. The first kappa shape index (κ1) is 12.8. The summed E-state index contributed by atoms with van der Waals surface area (Å²) >= 11 is 6.11. The molecule has 94 valence electrons. The molecule has 0 bridgehead atoms. The molecular formula is C13H13ClN2O2. The molecule has 0 spiro atoms. The van der Waals surface area contributed by atoms with Gasteiger partial charge < -0.3 is 10.4 Å². The Morgan fingerprint density at radius 1 is 1.50 bits per heavy atom. The van der Waals surface area contributed by atoms with E-state index >= 15 is 0 Å². The fraction of sp³-hybridized carbons (Fsp3) is 0.231. The van der Waals surface area contributed by atoms with Crippen molar-refractivity contribution in [1.82, 2.24) is 10.3 Å². The lowest BCUT2D eigenvalue weighted by Gasteiger charge is -2.11. The third-order valence-corrected chi connectivity index (χ3v) is 2.86. The van der Waals surface area contributed by atoms with Crippen LogP contribution in [0, 0.1) is 0 Å². The van der Waals surface area contributed by atoms with Gasteiger partial charge in [-0.15, -0.1) is 0 Å². The van der Waals surface area contributed by atoms with Gasteiger partial charge in [-0.25, -0.2) is 4.98 Å². The van der Waals surface area contributed by atoms with Gasteiger partial charge in [-0.1, -0.05) is 29.8 Å². The molecule has 2 rings (SSSR count). The Kier molecular flexibility index (Phi) is 3.79. The minimum atomic E-state index is -0.343. The zero-order valence-electron chi connectivity index (χ0n) is 9.85. The molecule has 4 nitrogen and oxygen atoms in total. The first-order valence-corrected chi connectivity index (χ1v) is 5.96. The van der Waals surface area contributed by atoms with Crippen LogP contribution in [0.2, 0.25) is 5.02 Å². The number of aliphatic hydroxyl groups is 1. The number of halogens is 1. The lowest BCUT2D eigenvalue weighted by Crippen LogP contribution is -2.35. The summed E-state index contributed by atoms with van der Waals surface area (Å²) in [5.74, 6) is -0.343. The maximum absolute atomic E-state index is 11.9. The fourth-order valence-electron chi connectivity index (χ4n) is 1.59. The van der Waals surface area contributed by atoms with Gasteiger partial charge in [0, 0.05) is 11.4 Å². The highest BCUT2D eigenvalue weighted by molar-refractivity contribution is 6.35. The fourth-order valence-corrected chi connectivity index (χ4v) is 1.86. The highest BCUT2D eigenvalue weighted by Crippen LogP contribution is 2.22. The number of benzene rings is 1. The Hall–Kier alpha value is -1.65. The van der Waals surface area contributed by atoms with E-state index in [1.54, 1.807) is 13.0 Å². The molecule has 18 heavy (non-hydrogen) atoms. The molecule has 2 N–H and O–H groups in total. The number of amides is 1. The second-order valence-corrected chi connectivity index (χ2v) is 4.47. The van der Waals surface area contributed by atoms with Gasteiger partial charge >= 0.3 is 0 Å². The topological polar surface area (TPSA) is 62.2 Å². The van der Waals surface area contributed by atoms with E-state index in [1.807, 2.05) is 18.2 Å². The van der Waals surface area contributed by atoms with E-state index < -0.39 is 0 Å². The van der Waals surface area contributed by atoms with Crippen molar-refractivity contribution in [3.63, 3.8) is 0 Å². The van der Waals surface area contributed by atoms with Crippen LogP contribution >= 0.6 is 11.6 Å². The zero-order chi connectivity index (χ0) is 13.1. The summed E-state index contributed by atoms with van der Waals surface area (Å²) in [6.45, 7) is 1.59. The molecule has 1 aromatic carbocycles. The second-order valence-electron chi connectivity index (χ2n) is 4.06. The Labute approximate surface area is 110 Å². The van der Waals surface area contributed by atoms with Crippen LogP contribution < -0.4 is 5.32 Å². The van der Waals surface area contributed by atoms with Crippen LogP contribution in [0.25, 0.3) is 10.9 Å². The van der Waals surface area contributed by atoms with Gasteiger partial charge in [0.2, 0.25) is 0 Å². The quantitative estimate of drug-likeness (QED) is 0.891. The van der Waals surface area contributed by atoms with E-state index in [1.165, 1.54) is 6.07 Å². The summed E-state index contributed by atoms with van der Waals surface area (Å²) in [7, 11) is 0. The maximum Gasteiger partial charge on any atom is 0.270 e. The third kappa shape index (κ3) is 2.60. The van der Waals surface area contributed by atoms with Crippen LogP contribution in [-0.2, 0) is 0 Å². The Bertz CT molecular complexity index is 586. The minimum Gasteiger partial charge on any atom is -0.394 e. The molecule has 0 aliphatic heterocycles. The van der Waals surface area contributed by atoms with Gasteiger partial charge in [0.1, 0.15) is 5.69 Å². The Balaban J connectivity index is 2.37. The predicted octanol–water partition coefficient (Wildman–Crippen LogP) is 2.00. The summed E-state index contributed by atoms with van der Waals surface area (Å²) in [5, 5.41) is 12.8. The molecular weight excluding hydrogens is 252 g/mol. The first-order chi connectivity index (χ1) is 8.61. The van der Waals surface area contributed by atoms with Gasteiger partial charge in [-0.3, -0.25) is 4.79 Å². The van der Waals surface area contributed by atoms with Crippen molar-refractivity contribution in [2.75, 3.05) is 6.61 Å². The molecule has 0 aliphatic rings. The van der Waals surface area contributed by atoms with E-state index in [4.69, 9.17) is 16.7 Å². The van der Waals surface area contributed by atoms with Crippen LogP contribution in [0.3, 0.4) is 0 Å². The van der Waals surface area contributed by atoms with E-state index in [2.05, 4.69) is 10.3 Å². The normalized spacial score (nSPS) is 12.4. The molecule has 0 aliphatic carbocycles. The van der Waals surface area contributed by atoms with Gasteiger partial charge in [0.05, 0.1) is 17.1 Å². The average molecular weight is 265 g/mol. The number of carbonyl (C=O) groups excluding carboxylic acids is 1. The number of hydrogen-bond acceptors (Lipinski definition) is 3. The highest BCUT2D eigenvalue weighted by atomic mass is 35.5. The Morgan fingerprint density at radius 2 is 2.22 bits per heavy atom. The molecule has 1 aromatic heterocycles. The number of hydrogen-bond donors (Lipinski definition) is 2. The minimum absolute atomic E-state index is 0.118. The van der Waals surface area contributed by atoms with Crippen LogP contribution in [0.15, 0.2) is 30.3 Å². The third-order valence-electron chi connectivity index (χ3n) is 2.55. The number of carbonyl (C=O) groups is 1. The van der Waals surface area contributed by atoms with E-state index in [0.29, 0.717) is 10.5 Å². The van der Waals surface area contributed by atoms with Gasteiger partial charge in [-0.05, 0) is 19.1 Å². The summed E-state index contributed by atoms with van der Waals surface area (Å²) in [6.07, 6.45) is 0. The number of pyridine rings is 1. The van der Waals surface area contributed by atoms with E-state index in [-0.39, 0.29) is 24.2 Å². The number of nitrogens with zero attached hydrogens (tertiary/aromatic N) is 1. The van der Waals surface area contributed by atoms with Crippen molar-refractivity contribution < 1.29 is 9.90 Å². The molecule has 0 fully saturated rings. The molecule has 1 heterocycles. The number of nitrogens with one attached hydrogen (secondary N) is 1. The van der Waals surface area contributed by atoms with Gasteiger partial charge in [0.15, 0.2) is 0 Å². The summed E-state index contributed by atoms with van der Waals surface area (Å²) in [6, 6.07) is 8.57. The largest absolute Gasteiger partial charge is 0.394 e. The monoisotopic (exact) mass is 264 g/mol. The standard InChI is InChI=1S/C13H13ClN2O2/c1-8(7-17)15-13(18)12-6-10(14)9-4-2-3-5-11(9)16-12/h2-6,8,17H,7H2,1H3,(H,15,18)/t8-/m1/s1. The van der Waals surface area contributed by atoms with Crippen LogP contribution in [0.1, 0.15) is 17.4 Å². The first-order valence-electron chi connectivity index (χ1n) is 5.59. The molecule has 2 aromatic rings. The maximum atomic E-state index is 11.9. The highest BCUT2D eigenvalue weighted by Gasteiger charge is 2.12.